The molecule has 12 heavy (non-hydrogen) atoms. The fourth-order valence-corrected chi connectivity index (χ4v) is 1.42. The average molecular weight is 289 g/mol. The van der Waals surface area contributed by atoms with Crippen molar-refractivity contribution >= 4 is 21.4 Å². The largest absolute Gasteiger partial charge is 1.00 e. The van der Waals surface area contributed by atoms with Gasteiger partial charge in [0.2, 0.25) is 5.52 Å². The van der Waals surface area contributed by atoms with E-state index in [0.29, 0.717) is 0 Å². The summed E-state index contributed by atoms with van der Waals surface area (Å²) < 4.78 is 3.19. The molecule has 0 amide bonds. The molecular formula is C9H7Br2N. The van der Waals surface area contributed by atoms with Crippen molar-refractivity contribution in [3.63, 3.8) is 0 Å². The lowest BCUT2D eigenvalue weighted by molar-refractivity contribution is -0.512. The van der Waals surface area contributed by atoms with Gasteiger partial charge in [-0.3, -0.25) is 0 Å². The molecule has 0 bridgehead atoms. The zero-order valence-corrected chi connectivity index (χ0v) is 9.42. The van der Waals surface area contributed by atoms with Crippen LogP contribution in [0.1, 0.15) is 0 Å². The van der Waals surface area contributed by atoms with E-state index in [4.69, 9.17) is 0 Å². The summed E-state index contributed by atoms with van der Waals surface area (Å²) in [5.74, 6) is 0. The summed E-state index contributed by atoms with van der Waals surface area (Å²) in [6.07, 6.45) is 4.06. The predicted molar refractivity (Wildman–Crippen MR) is 47.3 cm³/mol. The molecule has 2 heterocycles. The third-order valence-electron chi connectivity index (χ3n) is 1.60. The van der Waals surface area contributed by atoms with Gasteiger partial charge in [0.15, 0.2) is 12.4 Å². The summed E-state index contributed by atoms with van der Waals surface area (Å²) in [7, 11) is 0. The van der Waals surface area contributed by atoms with E-state index >= 15 is 0 Å². The van der Waals surface area contributed by atoms with Crippen LogP contribution in [0.3, 0.4) is 0 Å². The molecule has 1 nitrogen and oxygen atoms in total. The molecule has 0 saturated carbocycles. The third-order valence-corrected chi connectivity index (χ3v) is 2.10. The van der Waals surface area contributed by atoms with Crippen LogP contribution in [0.15, 0.2) is 47.2 Å². The normalized spacial score (nSPS) is 9.42. The third kappa shape index (κ3) is 1.84. The summed E-state index contributed by atoms with van der Waals surface area (Å²) in [6, 6.07) is 10.2. The molecule has 0 atom stereocenters. The van der Waals surface area contributed by atoms with Crippen molar-refractivity contribution in [1.82, 2.24) is 0 Å². The second-order valence-electron chi connectivity index (χ2n) is 2.38. The summed E-state index contributed by atoms with van der Waals surface area (Å²) in [6.45, 7) is 0. The molecule has 0 aliphatic carbocycles. The first-order valence-corrected chi connectivity index (χ1v) is 4.21. The highest BCUT2D eigenvalue weighted by Gasteiger charge is 1.98. The standard InChI is InChI=1S/C9H7BrN.BrH/c10-8-4-6-11-5-2-1-3-9(11)7-8;/h1-7H;1H/q+1;/p-1. The van der Waals surface area contributed by atoms with Crippen molar-refractivity contribution in [2.45, 2.75) is 0 Å². The maximum atomic E-state index is 3.42. The fraction of sp³-hybridized carbons (Fsp3) is 0. The number of rotatable bonds is 0. The van der Waals surface area contributed by atoms with Gasteiger partial charge in [0.25, 0.3) is 0 Å². The van der Waals surface area contributed by atoms with E-state index < -0.39 is 0 Å². The van der Waals surface area contributed by atoms with Crippen LogP contribution in [-0.2, 0) is 0 Å². The van der Waals surface area contributed by atoms with E-state index in [-0.39, 0.29) is 17.0 Å². The molecular weight excluding hydrogens is 282 g/mol. The second kappa shape index (κ2) is 4.01. The molecule has 0 aromatic carbocycles. The van der Waals surface area contributed by atoms with Gasteiger partial charge >= 0.3 is 0 Å². The Kier molecular flexibility index (Phi) is 3.23. The maximum absolute atomic E-state index is 3.42. The maximum Gasteiger partial charge on any atom is 0.211 e. The zero-order valence-electron chi connectivity index (χ0n) is 6.24. The minimum Gasteiger partial charge on any atom is -1.00 e. The van der Waals surface area contributed by atoms with E-state index in [1.54, 1.807) is 0 Å². The van der Waals surface area contributed by atoms with Crippen LogP contribution in [-0.4, -0.2) is 0 Å². The number of hydrogen-bond donors (Lipinski definition) is 0. The lowest BCUT2D eigenvalue weighted by atomic mass is 10.3. The Bertz CT molecular complexity index is 387. The molecule has 2 rings (SSSR count). The van der Waals surface area contributed by atoms with Crippen LogP contribution < -0.4 is 21.4 Å². The smallest absolute Gasteiger partial charge is 0.211 e. The molecule has 0 aliphatic rings. The molecule has 0 N–H and O–H groups in total. The lowest BCUT2D eigenvalue weighted by Crippen LogP contribution is -3.00. The van der Waals surface area contributed by atoms with Gasteiger partial charge < -0.3 is 17.0 Å². The van der Waals surface area contributed by atoms with Crippen LogP contribution >= 0.6 is 15.9 Å². The number of halogens is 2. The minimum absolute atomic E-state index is 0. The SMILES string of the molecule is Brc1cc[n+]2ccccc2c1.[Br-]. The zero-order chi connectivity index (χ0) is 7.68. The van der Waals surface area contributed by atoms with Crippen molar-refractivity contribution in [2.24, 2.45) is 0 Å². The van der Waals surface area contributed by atoms with Gasteiger partial charge in [-0.2, -0.15) is 4.40 Å². The number of fused-ring (bicyclic) bond motifs is 1. The highest BCUT2D eigenvalue weighted by atomic mass is 79.9. The Labute approximate surface area is 89.9 Å². The predicted octanol–water partition coefficient (Wildman–Crippen LogP) is -0.808. The molecule has 2 aromatic rings. The fourth-order valence-electron chi connectivity index (χ4n) is 1.07. The van der Waals surface area contributed by atoms with Crippen molar-refractivity contribution in [1.29, 1.82) is 0 Å². The molecule has 2 aromatic heterocycles. The van der Waals surface area contributed by atoms with Crippen LogP contribution in [0.2, 0.25) is 0 Å². The lowest BCUT2D eigenvalue weighted by Gasteiger charge is -1.89. The molecule has 62 valence electrons. The van der Waals surface area contributed by atoms with Crippen LogP contribution in [0.4, 0.5) is 0 Å². The highest BCUT2D eigenvalue weighted by molar-refractivity contribution is 9.10. The Morgan fingerprint density at radius 2 is 1.92 bits per heavy atom. The van der Waals surface area contributed by atoms with E-state index in [2.05, 4.69) is 32.5 Å². The number of pyridine rings is 2. The topological polar surface area (TPSA) is 4.10 Å². The van der Waals surface area contributed by atoms with Crippen molar-refractivity contribution in [2.75, 3.05) is 0 Å². The first-order chi connectivity index (χ1) is 5.36. The van der Waals surface area contributed by atoms with Crippen molar-refractivity contribution < 1.29 is 21.4 Å². The Morgan fingerprint density at radius 1 is 1.08 bits per heavy atom. The van der Waals surface area contributed by atoms with Gasteiger partial charge in [-0.25, -0.2) is 0 Å². The van der Waals surface area contributed by atoms with Crippen LogP contribution in [0.25, 0.3) is 5.52 Å². The van der Waals surface area contributed by atoms with E-state index in [1.165, 1.54) is 5.52 Å². The highest BCUT2D eigenvalue weighted by Crippen LogP contribution is 2.08. The summed E-state index contributed by atoms with van der Waals surface area (Å²) >= 11 is 3.42. The summed E-state index contributed by atoms with van der Waals surface area (Å²) in [5.41, 5.74) is 1.20. The van der Waals surface area contributed by atoms with E-state index in [0.717, 1.165) is 4.47 Å². The van der Waals surface area contributed by atoms with Crippen molar-refractivity contribution in [3.8, 4) is 0 Å². The Balaban J connectivity index is 0.000000720. The molecule has 0 saturated heterocycles. The van der Waals surface area contributed by atoms with Gasteiger partial charge in [-0.15, -0.1) is 0 Å². The van der Waals surface area contributed by atoms with Crippen LogP contribution in [0.5, 0.6) is 0 Å². The molecule has 0 fully saturated rings. The van der Waals surface area contributed by atoms with Crippen molar-refractivity contribution in [3.05, 3.63) is 47.2 Å². The first-order valence-electron chi connectivity index (χ1n) is 3.42. The van der Waals surface area contributed by atoms with Crippen LogP contribution in [0, 0.1) is 0 Å². The Morgan fingerprint density at radius 3 is 2.75 bits per heavy atom. The van der Waals surface area contributed by atoms with Gasteiger partial charge in [0.05, 0.1) is 0 Å². The monoisotopic (exact) mass is 287 g/mol. The number of hydrogen-bond acceptors (Lipinski definition) is 0. The summed E-state index contributed by atoms with van der Waals surface area (Å²) in [5, 5.41) is 0. The minimum atomic E-state index is 0. The number of nitrogens with zero attached hydrogens (tertiary/aromatic N) is 1. The van der Waals surface area contributed by atoms with E-state index in [9.17, 15) is 0 Å². The van der Waals surface area contributed by atoms with Gasteiger partial charge in [-0.05, 0) is 6.07 Å². The average Bonchev–Trinajstić information content (AvgIpc) is 2.04. The number of aromatic nitrogens is 1. The Hall–Kier alpha value is -0.410. The second-order valence-corrected chi connectivity index (χ2v) is 3.29. The molecule has 0 radical (unpaired) electrons. The molecule has 0 spiro atoms. The van der Waals surface area contributed by atoms with Gasteiger partial charge in [-0.1, -0.05) is 15.9 Å². The van der Waals surface area contributed by atoms with Gasteiger partial charge in [0.1, 0.15) is 0 Å². The first kappa shape index (κ1) is 9.68. The molecule has 3 heteroatoms. The quantitative estimate of drug-likeness (QED) is 0.559. The molecule has 0 unspecified atom stereocenters. The van der Waals surface area contributed by atoms with Gasteiger partial charge in [0, 0.05) is 28.7 Å². The molecule has 0 aliphatic heterocycles. The van der Waals surface area contributed by atoms with E-state index in [1.807, 2.05) is 30.6 Å². The summed E-state index contributed by atoms with van der Waals surface area (Å²) in [4.78, 5) is 0.